The van der Waals surface area contributed by atoms with Gasteiger partial charge in [-0.3, -0.25) is 4.90 Å². The van der Waals surface area contributed by atoms with Crippen LogP contribution < -0.4 is 9.47 Å². The number of para-hydroxylation sites is 2. The second-order valence-electron chi connectivity index (χ2n) is 8.88. The zero-order valence-electron chi connectivity index (χ0n) is 20.8. The first-order valence-electron chi connectivity index (χ1n) is 12.2. The molecule has 35 heavy (non-hydrogen) atoms. The Morgan fingerprint density at radius 3 is 2.26 bits per heavy atom. The maximum Gasteiger partial charge on any atom is 0.133 e. The number of aromatic hydroxyl groups is 2. The van der Waals surface area contributed by atoms with Crippen LogP contribution in [-0.2, 0) is 0 Å². The molecule has 2 N–H and O–H groups in total. The van der Waals surface area contributed by atoms with Crippen LogP contribution in [0.25, 0.3) is 0 Å². The van der Waals surface area contributed by atoms with Crippen molar-refractivity contribution in [2.45, 2.75) is 44.2 Å². The first kappa shape index (κ1) is 26.8. The molecule has 2 aliphatic heterocycles. The minimum Gasteiger partial charge on any atom is -0.508 e. The third-order valence-electron chi connectivity index (χ3n) is 6.27. The summed E-state index contributed by atoms with van der Waals surface area (Å²) in [6.45, 7) is 9.69. The number of fused-ring (bicyclic) bond motifs is 1. The summed E-state index contributed by atoms with van der Waals surface area (Å²) in [5.41, 5.74) is 0. The van der Waals surface area contributed by atoms with Gasteiger partial charge in [-0.25, -0.2) is 0 Å². The van der Waals surface area contributed by atoms with E-state index in [2.05, 4.69) is 25.7 Å². The van der Waals surface area contributed by atoms with Gasteiger partial charge in [0.15, 0.2) is 0 Å². The molecule has 2 heterocycles. The van der Waals surface area contributed by atoms with Crippen LogP contribution in [0, 0.1) is 5.92 Å². The number of nitrogens with zero attached hydrogens (tertiary/aromatic N) is 1. The van der Waals surface area contributed by atoms with Crippen LogP contribution in [-0.4, -0.2) is 52.7 Å². The molecule has 3 aromatic carbocycles. The van der Waals surface area contributed by atoms with Crippen LogP contribution in [0.5, 0.6) is 23.0 Å². The van der Waals surface area contributed by atoms with Crippen LogP contribution in [0.15, 0.2) is 83.8 Å². The lowest BCUT2D eigenvalue weighted by molar-refractivity contribution is 0.132. The van der Waals surface area contributed by atoms with Gasteiger partial charge in [-0.2, -0.15) is 0 Å². The molecule has 3 aromatic rings. The van der Waals surface area contributed by atoms with Crippen molar-refractivity contribution in [3.63, 3.8) is 0 Å². The van der Waals surface area contributed by atoms with E-state index in [1.54, 1.807) is 54.2 Å². The monoisotopic (exact) mass is 495 g/mol. The van der Waals surface area contributed by atoms with Crippen molar-refractivity contribution in [1.29, 1.82) is 0 Å². The van der Waals surface area contributed by atoms with Crippen molar-refractivity contribution >= 4 is 11.8 Å². The highest BCUT2D eigenvalue weighted by Crippen LogP contribution is 2.35. The lowest BCUT2D eigenvalue weighted by Crippen LogP contribution is -2.40. The Morgan fingerprint density at radius 2 is 1.66 bits per heavy atom. The molecular formula is C29H37NO4S. The van der Waals surface area contributed by atoms with E-state index in [1.807, 2.05) is 36.4 Å². The SMILES string of the molecule is CC1CCN([C@@H](C)COc2ccccc2)C1C.Oc1ccc2c(c1)SCCO2.Oc1ccccc1. The second-order valence-corrected chi connectivity index (χ2v) is 10.0. The number of ether oxygens (including phenoxy) is 2. The fraction of sp³-hybridized carbons (Fsp3) is 0.379. The standard InChI is InChI=1S/C15H23NO.C8H8O2S.C6H6O/c1-12-9-10-16(14(12)3)13(2)11-17-15-7-5-4-6-8-15;9-6-1-2-7-8(5-6)11-4-3-10-7;7-6-4-2-1-3-5-6/h4-8,12-14H,9-11H2,1-3H3;1-2,5,9H,3-4H2;1-5,7H/t12?,13-,14?;;/m0../s1. The van der Waals surface area contributed by atoms with Gasteiger partial charge in [-0.15, -0.1) is 11.8 Å². The Bertz CT molecular complexity index is 1000. The van der Waals surface area contributed by atoms with E-state index >= 15 is 0 Å². The number of rotatable bonds is 4. The third kappa shape index (κ3) is 8.71. The molecule has 5 rings (SSSR count). The van der Waals surface area contributed by atoms with Crippen molar-refractivity contribution in [3.05, 3.63) is 78.9 Å². The Kier molecular flexibility index (Phi) is 10.6. The molecule has 2 unspecified atom stereocenters. The molecule has 0 amide bonds. The molecule has 2 aliphatic rings. The largest absolute Gasteiger partial charge is 0.508 e. The molecule has 6 heteroatoms. The number of benzene rings is 3. The smallest absolute Gasteiger partial charge is 0.133 e. The molecule has 1 fully saturated rings. The third-order valence-corrected chi connectivity index (χ3v) is 7.27. The van der Waals surface area contributed by atoms with Crippen molar-refractivity contribution in [2.75, 3.05) is 25.5 Å². The topological polar surface area (TPSA) is 62.2 Å². The number of thioether (sulfide) groups is 1. The summed E-state index contributed by atoms with van der Waals surface area (Å²) in [7, 11) is 0. The van der Waals surface area contributed by atoms with E-state index in [-0.39, 0.29) is 0 Å². The normalized spacial score (nSPS) is 19.6. The lowest BCUT2D eigenvalue weighted by Gasteiger charge is -2.29. The summed E-state index contributed by atoms with van der Waals surface area (Å²) in [6, 6.07) is 25.2. The van der Waals surface area contributed by atoms with Crippen LogP contribution in [0.1, 0.15) is 27.2 Å². The highest BCUT2D eigenvalue weighted by atomic mass is 32.2. The number of likely N-dealkylation sites (tertiary alicyclic amines) is 1. The fourth-order valence-electron chi connectivity index (χ4n) is 4.04. The first-order valence-corrected chi connectivity index (χ1v) is 13.2. The fourth-order valence-corrected chi connectivity index (χ4v) is 4.90. The van der Waals surface area contributed by atoms with Crippen LogP contribution in [0.2, 0.25) is 0 Å². The summed E-state index contributed by atoms with van der Waals surface area (Å²) in [6.07, 6.45) is 1.32. The van der Waals surface area contributed by atoms with E-state index in [9.17, 15) is 0 Å². The van der Waals surface area contributed by atoms with E-state index in [0.717, 1.165) is 41.3 Å². The predicted octanol–water partition coefficient (Wildman–Crippen LogP) is 6.45. The molecular weight excluding hydrogens is 458 g/mol. The number of hydrogen-bond acceptors (Lipinski definition) is 6. The number of phenolic OH excluding ortho intramolecular Hbond substituents is 2. The minimum atomic E-state index is 0.307. The second kappa shape index (κ2) is 13.9. The summed E-state index contributed by atoms with van der Waals surface area (Å²) < 4.78 is 11.2. The van der Waals surface area contributed by atoms with Gasteiger partial charge in [0.1, 0.15) is 29.6 Å². The van der Waals surface area contributed by atoms with E-state index in [0.29, 0.717) is 23.6 Å². The molecule has 0 radical (unpaired) electrons. The summed E-state index contributed by atoms with van der Waals surface area (Å²) >= 11 is 1.72. The zero-order chi connectivity index (χ0) is 25.0. The summed E-state index contributed by atoms with van der Waals surface area (Å²) in [5.74, 6) is 4.27. The van der Waals surface area contributed by atoms with Gasteiger partial charge >= 0.3 is 0 Å². The van der Waals surface area contributed by atoms with Crippen LogP contribution >= 0.6 is 11.8 Å². The Hall–Kier alpha value is -2.83. The predicted molar refractivity (Wildman–Crippen MR) is 144 cm³/mol. The van der Waals surface area contributed by atoms with Gasteiger partial charge in [0, 0.05) is 17.8 Å². The molecule has 0 aromatic heterocycles. The Labute approximate surface area is 213 Å². The van der Waals surface area contributed by atoms with Crippen LogP contribution in [0.4, 0.5) is 0 Å². The lowest BCUT2D eigenvalue weighted by atomic mass is 10.0. The Balaban J connectivity index is 0.000000162. The van der Waals surface area contributed by atoms with Crippen molar-refractivity contribution in [2.24, 2.45) is 5.92 Å². The molecule has 5 nitrogen and oxygen atoms in total. The molecule has 3 atom stereocenters. The highest BCUT2D eigenvalue weighted by Gasteiger charge is 2.30. The minimum absolute atomic E-state index is 0.307. The van der Waals surface area contributed by atoms with E-state index < -0.39 is 0 Å². The maximum atomic E-state index is 9.12. The molecule has 0 bridgehead atoms. The van der Waals surface area contributed by atoms with Gasteiger partial charge in [0.2, 0.25) is 0 Å². The van der Waals surface area contributed by atoms with Crippen molar-refractivity contribution in [1.82, 2.24) is 4.90 Å². The first-order chi connectivity index (χ1) is 16.9. The van der Waals surface area contributed by atoms with Crippen molar-refractivity contribution in [3.8, 4) is 23.0 Å². The maximum absolute atomic E-state index is 9.12. The van der Waals surface area contributed by atoms with Gasteiger partial charge in [-0.05, 0) is 75.2 Å². The van der Waals surface area contributed by atoms with Crippen LogP contribution in [0.3, 0.4) is 0 Å². The van der Waals surface area contributed by atoms with Gasteiger partial charge in [0.25, 0.3) is 0 Å². The quantitative estimate of drug-likeness (QED) is 0.434. The van der Waals surface area contributed by atoms with Crippen molar-refractivity contribution < 1.29 is 19.7 Å². The van der Waals surface area contributed by atoms with E-state index in [1.165, 1.54) is 13.0 Å². The molecule has 0 aliphatic carbocycles. The number of hydrogen-bond donors (Lipinski definition) is 2. The molecule has 0 saturated carbocycles. The average Bonchev–Trinajstić information content (AvgIpc) is 3.22. The van der Waals surface area contributed by atoms with Gasteiger partial charge in [0.05, 0.1) is 11.5 Å². The summed E-state index contributed by atoms with van der Waals surface area (Å²) in [4.78, 5) is 3.60. The molecule has 0 spiro atoms. The summed E-state index contributed by atoms with van der Waals surface area (Å²) in [5, 5.41) is 17.8. The average molecular weight is 496 g/mol. The Morgan fingerprint density at radius 1 is 0.971 bits per heavy atom. The molecule has 188 valence electrons. The number of phenols is 2. The van der Waals surface area contributed by atoms with Gasteiger partial charge < -0.3 is 19.7 Å². The van der Waals surface area contributed by atoms with Gasteiger partial charge in [-0.1, -0.05) is 43.3 Å². The van der Waals surface area contributed by atoms with E-state index in [4.69, 9.17) is 19.7 Å². The highest BCUT2D eigenvalue weighted by molar-refractivity contribution is 7.99. The zero-order valence-corrected chi connectivity index (χ0v) is 21.7. The molecule has 1 saturated heterocycles.